The van der Waals surface area contributed by atoms with E-state index >= 15 is 0 Å². The van der Waals surface area contributed by atoms with Gasteiger partial charge in [-0.15, -0.1) is 0 Å². The Morgan fingerprint density at radius 3 is 2.83 bits per heavy atom. The molecule has 4 nitrogen and oxygen atoms in total. The summed E-state index contributed by atoms with van der Waals surface area (Å²) in [4.78, 5) is 6.73. The van der Waals surface area contributed by atoms with Crippen LogP contribution in [0.2, 0.25) is 0 Å². The molecule has 1 aromatic heterocycles. The van der Waals surface area contributed by atoms with E-state index in [0.29, 0.717) is 12.5 Å². The number of aromatic nitrogens is 1. The Morgan fingerprint density at radius 2 is 2.17 bits per heavy atom. The Bertz CT molecular complexity index is 389. The molecule has 18 heavy (non-hydrogen) atoms. The van der Waals surface area contributed by atoms with E-state index in [1.807, 2.05) is 12.3 Å². The zero-order valence-electron chi connectivity index (χ0n) is 11.4. The molecule has 0 radical (unpaired) electrons. The van der Waals surface area contributed by atoms with Crippen LogP contribution in [-0.2, 0) is 11.3 Å². The molecule has 1 aliphatic heterocycles. The number of hydrogen-bond donors (Lipinski definition) is 1. The van der Waals surface area contributed by atoms with Crippen molar-refractivity contribution in [3.8, 4) is 0 Å². The van der Waals surface area contributed by atoms with Gasteiger partial charge in [-0.1, -0.05) is 0 Å². The second-order valence-electron chi connectivity index (χ2n) is 5.07. The van der Waals surface area contributed by atoms with Crippen molar-refractivity contribution in [3.63, 3.8) is 0 Å². The molecule has 100 valence electrons. The minimum atomic E-state index is 0.549. The lowest BCUT2D eigenvalue weighted by Crippen LogP contribution is -2.31. The molecule has 1 saturated heterocycles. The Labute approximate surface area is 109 Å². The quantitative estimate of drug-likeness (QED) is 0.882. The molecular weight excluding hydrogens is 226 g/mol. The molecule has 0 aliphatic carbocycles. The number of rotatable bonds is 4. The highest BCUT2D eigenvalue weighted by atomic mass is 16.5. The van der Waals surface area contributed by atoms with Crippen LogP contribution in [0.5, 0.6) is 0 Å². The lowest BCUT2D eigenvalue weighted by Gasteiger charge is -2.29. The summed E-state index contributed by atoms with van der Waals surface area (Å²) in [6, 6.07) is 2.02. The van der Waals surface area contributed by atoms with Crippen LogP contribution >= 0.6 is 0 Å². The minimum absolute atomic E-state index is 0.549. The normalized spacial score (nSPS) is 16.8. The van der Waals surface area contributed by atoms with Gasteiger partial charge in [-0.3, -0.25) is 0 Å². The van der Waals surface area contributed by atoms with Crippen molar-refractivity contribution in [1.82, 2.24) is 4.98 Å². The van der Waals surface area contributed by atoms with Gasteiger partial charge >= 0.3 is 0 Å². The highest BCUT2D eigenvalue weighted by molar-refractivity contribution is 5.49. The molecule has 2 heterocycles. The van der Waals surface area contributed by atoms with Gasteiger partial charge in [0.15, 0.2) is 0 Å². The van der Waals surface area contributed by atoms with Crippen LogP contribution in [0.3, 0.4) is 0 Å². The molecule has 0 unspecified atom stereocenters. The molecule has 1 fully saturated rings. The fraction of sp³-hybridized carbons (Fsp3) is 0.643. The number of anilines is 1. The van der Waals surface area contributed by atoms with Gasteiger partial charge in [0.05, 0.1) is 0 Å². The van der Waals surface area contributed by atoms with Crippen molar-refractivity contribution in [3.05, 3.63) is 23.4 Å². The standard InChI is InChI=1S/C14H23N3O/c1-11-3-6-16-14(13(11)9-15)17(2)10-12-4-7-18-8-5-12/h3,6,12H,4-5,7-10,15H2,1-2H3. The van der Waals surface area contributed by atoms with E-state index in [1.54, 1.807) is 0 Å². The van der Waals surface area contributed by atoms with Crippen molar-refractivity contribution in [1.29, 1.82) is 0 Å². The topological polar surface area (TPSA) is 51.4 Å². The summed E-state index contributed by atoms with van der Waals surface area (Å²) in [5.41, 5.74) is 8.22. The Kier molecular flexibility index (Phi) is 4.55. The SMILES string of the molecule is Cc1ccnc(N(C)CC2CCOCC2)c1CN. The molecule has 2 rings (SSSR count). The van der Waals surface area contributed by atoms with Crippen LogP contribution in [0, 0.1) is 12.8 Å². The fourth-order valence-corrected chi connectivity index (χ4v) is 2.56. The zero-order chi connectivity index (χ0) is 13.0. The van der Waals surface area contributed by atoms with Crippen LogP contribution < -0.4 is 10.6 Å². The number of ether oxygens (including phenoxy) is 1. The summed E-state index contributed by atoms with van der Waals surface area (Å²) in [5.74, 6) is 1.74. The van der Waals surface area contributed by atoms with Crippen LogP contribution in [0.15, 0.2) is 12.3 Å². The average molecular weight is 249 g/mol. The number of nitrogens with two attached hydrogens (primary N) is 1. The van der Waals surface area contributed by atoms with Gasteiger partial charge in [0.25, 0.3) is 0 Å². The monoisotopic (exact) mass is 249 g/mol. The fourth-order valence-electron chi connectivity index (χ4n) is 2.56. The summed E-state index contributed by atoms with van der Waals surface area (Å²) in [5, 5.41) is 0. The van der Waals surface area contributed by atoms with E-state index in [1.165, 1.54) is 5.56 Å². The highest BCUT2D eigenvalue weighted by Crippen LogP contribution is 2.22. The number of aryl methyl sites for hydroxylation is 1. The summed E-state index contributed by atoms with van der Waals surface area (Å²) < 4.78 is 5.40. The third-order valence-corrected chi connectivity index (χ3v) is 3.71. The maximum Gasteiger partial charge on any atom is 0.133 e. The Balaban J connectivity index is 2.07. The van der Waals surface area contributed by atoms with Crippen LogP contribution in [-0.4, -0.2) is 31.8 Å². The summed E-state index contributed by atoms with van der Waals surface area (Å²) in [6.45, 7) is 5.46. The molecule has 0 amide bonds. The molecule has 0 atom stereocenters. The van der Waals surface area contributed by atoms with Crippen molar-refractivity contribution < 1.29 is 4.74 Å². The first kappa shape index (κ1) is 13.3. The molecule has 4 heteroatoms. The molecule has 2 N–H and O–H groups in total. The Morgan fingerprint density at radius 1 is 1.44 bits per heavy atom. The predicted molar refractivity (Wildman–Crippen MR) is 73.7 cm³/mol. The van der Waals surface area contributed by atoms with Gasteiger partial charge in [0.2, 0.25) is 0 Å². The van der Waals surface area contributed by atoms with E-state index in [9.17, 15) is 0 Å². The first-order valence-electron chi connectivity index (χ1n) is 6.65. The summed E-state index contributed by atoms with van der Waals surface area (Å²) in [7, 11) is 2.11. The van der Waals surface area contributed by atoms with Crippen molar-refractivity contribution >= 4 is 5.82 Å². The first-order chi connectivity index (χ1) is 8.72. The predicted octanol–water partition coefficient (Wildman–Crippen LogP) is 1.71. The van der Waals surface area contributed by atoms with Crippen LogP contribution in [0.1, 0.15) is 24.0 Å². The average Bonchev–Trinajstić information content (AvgIpc) is 2.39. The third-order valence-electron chi connectivity index (χ3n) is 3.71. The van der Waals surface area contributed by atoms with Gasteiger partial charge in [-0.25, -0.2) is 4.98 Å². The smallest absolute Gasteiger partial charge is 0.133 e. The summed E-state index contributed by atoms with van der Waals surface area (Å²) in [6.07, 6.45) is 4.16. The number of pyridine rings is 1. The van der Waals surface area contributed by atoms with Crippen molar-refractivity contribution in [2.45, 2.75) is 26.3 Å². The second kappa shape index (κ2) is 6.16. The third kappa shape index (κ3) is 3.00. The van der Waals surface area contributed by atoms with E-state index in [2.05, 4.69) is 23.9 Å². The van der Waals surface area contributed by atoms with Gasteiger partial charge < -0.3 is 15.4 Å². The van der Waals surface area contributed by atoms with Gasteiger partial charge in [-0.2, -0.15) is 0 Å². The van der Waals surface area contributed by atoms with Crippen molar-refractivity contribution in [2.24, 2.45) is 11.7 Å². The minimum Gasteiger partial charge on any atom is -0.381 e. The maximum atomic E-state index is 5.84. The molecule has 1 aliphatic rings. The van der Waals surface area contributed by atoms with Crippen LogP contribution in [0.25, 0.3) is 0 Å². The van der Waals surface area contributed by atoms with E-state index in [4.69, 9.17) is 10.5 Å². The molecule has 0 aromatic carbocycles. The molecule has 0 spiro atoms. The summed E-state index contributed by atoms with van der Waals surface area (Å²) >= 11 is 0. The maximum absolute atomic E-state index is 5.84. The number of nitrogens with zero attached hydrogens (tertiary/aromatic N) is 2. The van der Waals surface area contributed by atoms with Gasteiger partial charge in [0, 0.05) is 45.1 Å². The largest absolute Gasteiger partial charge is 0.381 e. The zero-order valence-corrected chi connectivity index (χ0v) is 11.4. The highest BCUT2D eigenvalue weighted by Gasteiger charge is 2.18. The van der Waals surface area contributed by atoms with Crippen molar-refractivity contribution in [2.75, 3.05) is 31.7 Å². The van der Waals surface area contributed by atoms with E-state index in [-0.39, 0.29) is 0 Å². The lowest BCUT2D eigenvalue weighted by molar-refractivity contribution is 0.0685. The Hall–Kier alpha value is -1.13. The molecule has 0 bridgehead atoms. The van der Waals surface area contributed by atoms with Gasteiger partial charge in [-0.05, 0) is 37.3 Å². The molecule has 0 saturated carbocycles. The molecule has 1 aromatic rings. The lowest BCUT2D eigenvalue weighted by atomic mass is 9.99. The first-order valence-corrected chi connectivity index (χ1v) is 6.65. The van der Waals surface area contributed by atoms with Gasteiger partial charge in [0.1, 0.15) is 5.82 Å². The number of hydrogen-bond acceptors (Lipinski definition) is 4. The molecular formula is C14H23N3O. The van der Waals surface area contributed by atoms with E-state index < -0.39 is 0 Å². The second-order valence-corrected chi connectivity index (χ2v) is 5.07. The van der Waals surface area contributed by atoms with E-state index in [0.717, 1.165) is 44.0 Å². The van der Waals surface area contributed by atoms with Crippen LogP contribution in [0.4, 0.5) is 5.82 Å².